The number of nitrogens with zero attached hydrogens (tertiary/aromatic N) is 1. The summed E-state index contributed by atoms with van der Waals surface area (Å²) in [6, 6.07) is 9.68. The van der Waals surface area contributed by atoms with Crippen molar-refractivity contribution in [2.24, 2.45) is 5.16 Å². The SMILES string of the molecule is CCCCC1(CCCC)c2ccc(S(C)(=O)=O)cc2-c2c1ccc1c2OC/C1=N/OC(C)=O. The first-order valence-electron chi connectivity index (χ1n) is 11.6. The van der Waals surface area contributed by atoms with Crippen LogP contribution in [-0.2, 0) is 24.9 Å². The molecule has 176 valence electrons. The molecule has 7 heteroatoms. The molecule has 0 N–H and O–H groups in total. The number of benzene rings is 2. The number of rotatable bonds is 8. The minimum absolute atomic E-state index is 0.180. The van der Waals surface area contributed by atoms with E-state index in [9.17, 15) is 13.2 Å². The van der Waals surface area contributed by atoms with Gasteiger partial charge >= 0.3 is 5.97 Å². The summed E-state index contributed by atoms with van der Waals surface area (Å²) in [6.07, 6.45) is 7.55. The Kier molecular flexibility index (Phi) is 6.36. The average molecular weight is 470 g/mol. The Morgan fingerprint density at radius 2 is 1.73 bits per heavy atom. The molecule has 0 aromatic heterocycles. The molecule has 0 saturated carbocycles. The highest BCUT2D eigenvalue weighted by Crippen LogP contribution is 2.58. The summed E-state index contributed by atoms with van der Waals surface area (Å²) in [6.45, 7) is 5.90. The summed E-state index contributed by atoms with van der Waals surface area (Å²) >= 11 is 0. The van der Waals surface area contributed by atoms with Crippen LogP contribution in [-0.4, -0.2) is 33.0 Å². The van der Waals surface area contributed by atoms with Gasteiger partial charge in [0.2, 0.25) is 0 Å². The van der Waals surface area contributed by atoms with E-state index in [4.69, 9.17) is 9.57 Å². The normalized spacial score (nSPS) is 16.8. The van der Waals surface area contributed by atoms with Crippen molar-refractivity contribution in [1.82, 2.24) is 0 Å². The van der Waals surface area contributed by atoms with E-state index in [-0.39, 0.29) is 12.0 Å². The lowest BCUT2D eigenvalue weighted by Crippen LogP contribution is -2.25. The van der Waals surface area contributed by atoms with Crippen molar-refractivity contribution < 1.29 is 22.8 Å². The fourth-order valence-electron chi connectivity index (χ4n) is 5.18. The molecule has 1 aliphatic carbocycles. The van der Waals surface area contributed by atoms with Gasteiger partial charge in [0, 0.05) is 29.7 Å². The summed E-state index contributed by atoms with van der Waals surface area (Å²) in [5.74, 6) is 0.207. The first-order chi connectivity index (χ1) is 15.7. The van der Waals surface area contributed by atoms with Crippen molar-refractivity contribution >= 4 is 21.5 Å². The Bertz CT molecular complexity index is 1220. The van der Waals surface area contributed by atoms with Gasteiger partial charge in [0.15, 0.2) is 9.84 Å². The smallest absolute Gasteiger partial charge is 0.331 e. The predicted octanol–water partition coefficient (Wildman–Crippen LogP) is 5.40. The lowest BCUT2D eigenvalue weighted by molar-refractivity contribution is -0.140. The van der Waals surface area contributed by atoms with Crippen molar-refractivity contribution in [2.45, 2.75) is 69.6 Å². The minimum Gasteiger partial charge on any atom is -0.486 e. The number of hydrogen-bond acceptors (Lipinski definition) is 6. The first kappa shape index (κ1) is 23.5. The van der Waals surface area contributed by atoms with Crippen LogP contribution in [0.3, 0.4) is 0 Å². The van der Waals surface area contributed by atoms with Crippen LogP contribution in [0.2, 0.25) is 0 Å². The van der Waals surface area contributed by atoms with E-state index in [0.717, 1.165) is 55.2 Å². The minimum atomic E-state index is -3.36. The molecule has 0 atom stereocenters. The van der Waals surface area contributed by atoms with Crippen molar-refractivity contribution in [1.29, 1.82) is 0 Å². The van der Waals surface area contributed by atoms with Gasteiger partial charge in [0.1, 0.15) is 18.1 Å². The Hall–Kier alpha value is -2.67. The van der Waals surface area contributed by atoms with Gasteiger partial charge in [-0.2, -0.15) is 0 Å². The number of oxime groups is 1. The maximum atomic E-state index is 12.4. The van der Waals surface area contributed by atoms with Gasteiger partial charge < -0.3 is 9.57 Å². The molecular weight excluding hydrogens is 438 g/mol. The van der Waals surface area contributed by atoms with Gasteiger partial charge in [-0.25, -0.2) is 13.2 Å². The second-order valence-corrected chi connectivity index (χ2v) is 11.1. The third-order valence-electron chi connectivity index (χ3n) is 6.74. The van der Waals surface area contributed by atoms with E-state index < -0.39 is 15.8 Å². The predicted molar refractivity (Wildman–Crippen MR) is 129 cm³/mol. The quantitative estimate of drug-likeness (QED) is 0.382. The van der Waals surface area contributed by atoms with Gasteiger partial charge in [-0.05, 0) is 47.7 Å². The Morgan fingerprint density at radius 3 is 2.33 bits per heavy atom. The van der Waals surface area contributed by atoms with Crippen LogP contribution in [0.5, 0.6) is 5.75 Å². The summed E-state index contributed by atoms with van der Waals surface area (Å²) in [5, 5.41) is 3.98. The molecule has 0 amide bonds. The summed E-state index contributed by atoms with van der Waals surface area (Å²) in [5.41, 5.74) is 5.41. The fourth-order valence-corrected chi connectivity index (χ4v) is 5.83. The number of carbonyl (C=O) groups is 1. The van der Waals surface area contributed by atoms with Crippen LogP contribution >= 0.6 is 0 Å². The van der Waals surface area contributed by atoms with Crippen LogP contribution in [0, 0.1) is 0 Å². The third-order valence-corrected chi connectivity index (χ3v) is 7.85. The van der Waals surface area contributed by atoms with E-state index in [1.807, 2.05) is 12.1 Å². The molecule has 2 aromatic rings. The second-order valence-electron chi connectivity index (χ2n) is 9.04. The topological polar surface area (TPSA) is 82.0 Å². The van der Waals surface area contributed by atoms with Gasteiger partial charge in [0.05, 0.1) is 4.90 Å². The van der Waals surface area contributed by atoms with Crippen LogP contribution in [0.25, 0.3) is 11.1 Å². The first-order valence-corrected chi connectivity index (χ1v) is 13.5. The summed E-state index contributed by atoms with van der Waals surface area (Å²) in [4.78, 5) is 16.4. The van der Waals surface area contributed by atoms with Crippen molar-refractivity contribution in [3.63, 3.8) is 0 Å². The number of fused-ring (bicyclic) bond motifs is 5. The summed E-state index contributed by atoms with van der Waals surface area (Å²) < 4.78 is 30.9. The average Bonchev–Trinajstić information content (AvgIpc) is 3.31. The van der Waals surface area contributed by atoms with Gasteiger partial charge in [0.25, 0.3) is 0 Å². The number of unbranched alkanes of at least 4 members (excludes halogenated alkanes) is 2. The number of carbonyl (C=O) groups excluding carboxylic acids is 1. The third kappa shape index (κ3) is 4.07. The molecule has 1 heterocycles. The molecule has 0 fully saturated rings. The van der Waals surface area contributed by atoms with Gasteiger partial charge in [-0.1, -0.05) is 56.8 Å². The maximum Gasteiger partial charge on any atom is 0.331 e. The monoisotopic (exact) mass is 469 g/mol. The molecule has 33 heavy (non-hydrogen) atoms. The molecule has 0 bridgehead atoms. The lowest BCUT2D eigenvalue weighted by atomic mass is 9.71. The Labute approximate surface area is 195 Å². The molecule has 6 nitrogen and oxygen atoms in total. The molecule has 0 saturated heterocycles. The van der Waals surface area contributed by atoms with Gasteiger partial charge in [-0.15, -0.1) is 0 Å². The fraction of sp³-hybridized carbons (Fsp3) is 0.462. The lowest BCUT2D eigenvalue weighted by Gasteiger charge is -2.32. The molecule has 2 aliphatic rings. The molecular formula is C26H31NO5S. The highest BCUT2D eigenvalue weighted by Gasteiger charge is 2.45. The van der Waals surface area contributed by atoms with Gasteiger partial charge in [-0.3, -0.25) is 0 Å². The Balaban J connectivity index is 1.98. The van der Waals surface area contributed by atoms with E-state index in [1.165, 1.54) is 24.3 Å². The van der Waals surface area contributed by atoms with Crippen LogP contribution in [0.4, 0.5) is 0 Å². The molecule has 1 aliphatic heterocycles. The van der Waals surface area contributed by atoms with Crippen molar-refractivity contribution in [2.75, 3.05) is 12.9 Å². The van der Waals surface area contributed by atoms with Crippen molar-refractivity contribution in [3.05, 3.63) is 47.0 Å². The molecule has 0 radical (unpaired) electrons. The number of sulfone groups is 1. The van der Waals surface area contributed by atoms with Crippen LogP contribution in [0.15, 0.2) is 40.4 Å². The maximum absolute atomic E-state index is 12.4. The van der Waals surface area contributed by atoms with E-state index in [0.29, 0.717) is 16.4 Å². The highest BCUT2D eigenvalue weighted by molar-refractivity contribution is 7.90. The van der Waals surface area contributed by atoms with E-state index in [2.05, 4.69) is 25.1 Å². The molecule has 0 spiro atoms. The molecule has 4 rings (SSSR count). The number of ether oxygens (including phenoxy) is 1. The molecule has 0 unspecified atom stereocenters. The summed E-state index contributed by atoms with van der Waals surface area (Å²) in [7, 11) is -3.36. The van der Waals surface area contributed by atoms with E-state index >= 15 is 0 Å². The van der Waals surface area contributed by atoms with Crippen LogP contribution in [0.1, 0.15) is 76.0 Å². The zero-order chi connectivity index (χ0) is 23.8. The van der Waals surface area contributed by atoms with Crippen molar-refractivity contribution in [3.8, 4) is 16.9 Å². The van der Waals surface area contributed by atoms with E-state index in [1.54, 1.807) is 12.1 Å². The molecule has 2 aromatic carbocycles. The largest absolute Gasteiger partial charge is 0.486 e. The van der Waals surface area contributed by atoms with Crippen LogP contribution < -0.4 is 4.74 Å². The highest BCUT2D eigenvalue weighted by atomic mass is 32.2. The number of hydrogen-bond donors (Lipinski definition) is 0. The zero-order valence-electron chi connectivity index (χ0n) is 19.7. The second kappa shape index (κ2) is 8.93. The Morgan fingerprint density at radius 1 is 1.06 bits per heavy atom. The zero-order valence-corrected chi connectivity index (χ0v) is 20.5. The standard InChI is InChI=1S/C26H31NO5S/c1-5-7-13-26(14-8-6-2)21-11-9-18(33(4,29)30)15-20(21)24-22(26)12-10-19-23(16-31-25(19)24)27-32-17(3)28/h9-12,15H,5-8,13-14,16H2,1-4H3/b27-23-.